The van der Waals surface area contributed by atoms with Crippen LogP contribution in [0.4, 0.5) is 0 Å². The van der Waals surface area contributed by atoms with E-state index in [2.05, 4.69) is 13.0 Å². The van der Waals surface area contributed by atoms with Gasteiger partial charge in [0.2, 0.25) is 6.04 Å². The Balaban J connectivity index is 2.68. The van der Waals surface area contributed by atoms with E-state index < -0.39 is 10.7 Å². The Kier molecular flexibility index (Phi) is 4.52. The number of hydrogen-bond donors (Lipinski definition) is 0. The van der Waals surface area contributed by atoms with Crippen molar-refractivity contribution in [1.29, 1.82) is 5.26 Å². The van der Waals surface area contributed by atoms with E-state index in [-0.39, 0.29) is 6.10 Å². The number of ether oxygens (including phenoxy) is 1. The molecule has 0 amide bonds. The number of nitrogens with zero attached hydrogens (tertiary/aromatic N) is 2. The van der Waals surface area contributed by atoms with Crippen molar-refractivity contribution in [2.24, 2.45) is 0 Å². The fourth-order valence-corrected chi connectivity index (χ4v) is 2.08. The predicted molar refractivity (Wildman–Crippen MR) is 57.7 cm³/mol. The van der Waals surface area contributed by atoms with E-state index >= 15 is 0 Å². The molecule has 3 atom stereocenters. The molecule has 0 radical (unpaired) electrons. The third kappa shape index (κ3) is 2.69. The summed E-state index contributed by atoms with van der Waals surface area (Å²) in [6.45, 7) is 5.31. The van der Waals surface area contributed by atoms with Crippen molar-refractivity contribution < 1.29 is 9.38 Å². The topological polar surface area (TPSA) is 56.1 Å². The first-order valence-corrected chi connectivity index (χ1v) is 5.77. The number of rotatable bonds is 4. The number of unbranched alkanes of at least 4 members (excludes halogenated alkanes) is 1. The molecule has 4 heteroatoms. The first kappa shape index (κ1) is 12.4. The van der Waals surface area contributed by atoms with Gasteiger partial charge in [0.1, 0.15) is 18.7 Å². The van der Waals surface area contributed by atoms with Crippen molar-refractivity contribution in [2.45, 2.75) is 45.3 Å². The summed E-state index contributed by atoms with van der Waals surface area (Å²) in [5.74, 6) is 0. The molecule has 15 heavy (non-hydrogen) atoms. The average molecular weight is 212 g/mol. The summed E-state index contributed by atoms with van der Waals surface area (Å²) in [6.07, 6.45) is 2.76. The highest BCUT2D eigenvalue weighted by molar-refractivity contribution is 4.93. The van der Waals surface area contributed by atoms with Crippen LogP contribution in [-0.4, -0.2) is 36.5 Å². The number of nitriles is 1. The minimum atomic E-state index is -0.532. The van der Waals surface area contributed by atoms with Gasteiger partial charge in [0.05, 0.1) is 13.2 Å². The first-order chi connectivity index (χ1) is 7.18. The molecule has 1 rings (SSSR count). The fourth-order valence-electron chi connectivity index (χ4n) is 2.08. The van der Waals surface area contributed by atoms with Crippen molar-refractivity contribution in [1.82, 2.24) is 0 Å². The van der Waals surface area contributed by atoms with E-state index in [9.17, 15) is 5.21 Å². The van der Waals surface area contributed by atoms with Gasteiger partial charge in [0.25, 0.3) is 0 Å². The molecule has 0 saturated carbocycles. The average Bonchev–Trinajstić information content (AvgIpc) is 2.26. The third-order valence-corrected chi connectivity index (χ3v) is 3.17. The number of hydrogen-bond acceptors (Lipinski definition) is 3. The fraction of sp³-hybridized carbons (Fsp3) is 0.909. The summed E-state index contributed by atoms with van der Waals surface area (Å²) in [7, 11) is 0. The lowest BCUT2D eigenvalue weighted by Gasteiger charge is -2.50. The molecule has 0 aliphatic carbocycles. The molecule has 1 heterocycles. The van der Waals surface area contributed by atoms with Gasteiger partial charge in [-0.15, -0.1) is 0 Å². The molecule has 1 aliphatic heterocycles. The van der Waals surface area contributed by atoms with Gasteiger partial charge in [-0.2, -0.15) is 5.26 Å². The van der Waals surface area contributed by atoms with Gasteiger partial charge in [0, 0.05) is 0 Å². The summed E-state index contributed by atoms with van der Waals surface area (Å²) >= 11 is 0. The Morgan fingerprint density at radius 2 is 2.27 bits per heavy atom. The first-order valence-electron chi connectivity index (χ1n) is 5.77. The maximum atomic E-state index is 12.3. The number of hydroxylamine groups is 3. The molecular weight excluding hydrogens is 192 g/mol. The molecule has 0 aromatic carbocycles. The van der Waals surface area contributed by atoms with E-state index in [1.807, 2.05) is 6.92 Å². The van der Waals surface area contributed by atoms with E-state index in [1.54, 1.807) is 0 Å². The molecule has 0 aromatic heterocycles. The van der Waals surface area contributed by atoms with E-state index in [0.29, 0.717) is 19.7 Å². The normalized spacial score (nSPS) is 36.1. The number of morpholine rings is 1. The van der Waals surface area contributed by atoms with Gasteiger partial charge >= 0.3 is 0 Å². The Hall–Kier alpha value is -0.630. The lowest BCUT2D eigenvalue weighted by Crippen LogP contribution is -2.60. The highest BCUT2D eigenvalue weighted by Crippen LogP contribution is 2.24. The molecular formula is C11H20N2O2. The third-order valence-electron chi connectivity index (χ3n) is 3.17. The molecule has 0 aromatic rings. The zero-order valence-electron chi connectivity index (χ0n) is 9.61. The molecule has 1 fully saturated rings. The molecule has 4 nitrogen and oxygen atoms in total. The van der Waals surface area contributed by atoms with E-state index in [1.165, 1.54) is 0 Å². The highest BCUT2D eigenvalue weighted by atomic mass is 16.6. The summed E-state index contributed by atoms with van der Waals surface area (Å²) in [4.78, 5) is 0. The maximum absolute atomic E-state index is 12.3. The molecule has 0 bridgehead atoms. The number of likely N-dealkylation sites (N-methyl/N-ethyl adjacent to an activating group) is 1. The second-order valence-corrected chi connectivity index (χ2v) is 4.12. The minimum absolute atomic E-state index is 0.166. The van der Waals surface area contributed by atoms with Crippen LogP contribution >= 0.6 is 0 Å². The van der Waals surface area contributed by atoms with Gasteiger partial charge in [0.15, 0.2) is 0 Å². The van der Waals surface area contributed by atoms with Crippen LogP contribution in [0.2, 0.25) is 0 Å². The van der Waals surface area contributed by atoms with Gasteiger partial charge in [-0.05, 0) is 13.3 Å². The van der Waals surface area contributed by atoms with Crippen LogP contribution in [0.3, 0.4) is 0 Å². The van der Waals surface area contributed by atoms with Gasteiger partial charge in [-0.3, -0.25) is 0 Å². The van der Waals surface area contributed by atoms with Crippen molar-refractivity contribution in [3.63, 3.8) is 0 Å². The molecule has 1 saturated heterocycles. The largest absolute Gasteiger partial charge is 0.632 e. The SMILES string of the molecule is CCCCC1OCC[N+]([O-])(CC)C1C#N. The summed E-state index contributed by atoms with van der Waals surface area (Å²) in [5.41, 5.74) is 0. The number of quaternary nitrogens is 1. The van der Waals surface area contributed by atoms with E-state index in [0.717, 1.165) is 19.3 Å². The second-order valence-electron chi connectivity index (χ2n) is 4.12. The molecule has 3 unspecified atom stereocenters. The van der Waals surface area contributed by atoms with Crippen LogP contribution in [0.5, 0.6) is 0 Å². The van der Waals surface area contributed by atoms with Gasteiger partial charge in [-0.25, -0.2) is 0 Å². The Morgan fingerprint density at radius 3 is 2.80 bits per heavy atom. The van der Waals surface area contributed by atoms with Crippen LogP contribution < -0.4 is 0 Å². The monoisotopic (exact) mass is 212 g/mol. The van der Waals surface area contributed by atoms with Gasteiger partial charge in [-0.1, -0.05) is 19.8 Å². The zero-order chi connectivity index (χ0) is 11.3. The van der Waals surface area contributed by atoms with Crippen molar-refractivity contribution in [3.8, 4) is 6.07 Å². The molecule has 1 aliphatic rings. The van der Waals surface area contributed by atoms with Crippen molar-refractivity contribution >= 4 is 0 Å². The molecule has 0 spiro atoms. The van der Waals surface area contributed by atoms with Gasteiger partial charge < -0.3 is 14.6 Å². The minimum Gasteiger partial charge on any atom is -0.632 e. The lowest BCUT2D eigenvalue weighted by atomic mass is 10.0. The van der Waals surface area contributed by atoms with E-state index in [4.69, 9.17) is 10.00 Å². The highest BCUT2D eigenvalue weighted by Gasteiger charge is 2.39. The Labute approximate surface area is 91.6 Å². The standard InChI is InChI=1S/C11H20N2O2/c1-3-5-6-11-10(9-12)13(14,4-2)7-8-15-11/h10-11H,3-8H2,1-2H3. The van der Waals surface area contributed by atoms with Crippen LogP contribution in [0, 0.1) is 16.5 Å². The molecule has 86 valence electrons. The Morgan fingerprint density at radius 1 is 1.53 bits per heavy atom. The Bertz CT molecular complexity index is 239. The summed E-state index contributed by atoms with van der Waals surface area (Å²) < 4.78 is 5.14. The smallest absolute Gasteiger partial charge is 0.202 e. The van der Waals surface area contributed by atoms with Crippen molar-refractivity contribution in [2.75, 3.05) is 19.7 Å². The zero-order valence-corrected chi connectivity index (χ0v) is 9.61. The lowest BCUT2D eigenvalue weighted by molar-refractivity contribution is -0.908. The molecule has 0 N–H and O–H groups in total. The van der Waals surface area contributed by atoms with Crippen LogP contribution in [0.15, 0.2) is 0 Å². The van der Waals surface area contributed by atoms with Crippen LogP contribution in [0.25, 0.3) is 0 Å². The quantitative estimate of drug-likeness (QED) is 0.527. The predicted octanol–water partition coefficient (Wildman–Crippen LogP) is 1.80. The maximum Gasteiger partial charge on any atom is 0.202 e. The van der Waals surface area contributed by atoms with Crippen LogP contribution in [-0.2, 0) is 4.74 Å². The van der Waals surface area contributed by atoms with Crippen molar-refractivity contribution in [3.05, 3.63) is 5.21 Å². The summed E-state index contributed by atoms with van der Waals surface area (Å²) in [5, 5.41) is 21.3. The second kappa shape index (κ2) is 5.45. The van der Waals surface area contributed by atoms with Crippen LogP contribution in [0.1, 0.15) is 33.1 Å². The summed E-state index contributed by atoms with van der Waals surface area (Å²) in [6, 6.07) is 1.61.